The number of carbonyl (C=O) groups is 2. The van der Waals surface area contributed by atoms with Gasteiger partial charge in [-0.3, -0.25) is 9.59 Å². The van der Waals surface area contributed by atoms with Crippen molar-refractivity contribution in [2.24, 2.45) is 0 Å². The van der Waals surface area contributed by atoms with Crippen LogP contribution in [-0.4, -0.2) is 58.8 Å². The number of aromatic nitrogens is 2. The van der Waals surface area contributed by atoms with Crippen LogP contribution in [0.4, 0.5) is 5.95 Å². The number of hydrogen-bond acceptors (Lipinski definition) is 5. The predicted molar refractivity (Wildman–Crippen MR) is 83.1 cm³/mol. The Balaban J connectivity index is 1.89. The molecular formula is C15H23N5O2. The van der Waals surface area contributed by atoms with Crippen molar-refractivity contribution in [1.29, 1.82) is 0 Å². The van der Waals surface area contributed by atoms with E-state index in [0.717, 1.165) is 24.8 Å². The van der Waals surface area contributed by atoms with E-state index in [1.165, 1.54) is 0 Å². The minimum Gasteiger partial charge on any atom is -0.357 e. The topological polar surface area (TPSA) is 78.4 Å². The van der Waals surface area contributed by atoms with Gasteiger partial charge in [0.2, 0.25) is 17.8 Å². The molecule has 0 spiro atoms. The Kier molecular flexibility index (Phi) is 5.68. The van der Waals surface area contributed by atoms with Crippen LogP contribution < -0.4 is 5.32 Å². The predicted octanol–water partition coefficient (Wildman–Crippen LogP) is 0.879. The summed E-state index contributed by atoms with van der Waals surface area (Å²) in [5.41, 5.74) is 0.858. The summed E-state index contributed by atoms with van der Waals surface area (Å²) < 4.78 is 0. The van der Waals surface area contributed by atoms with Crippen molar-refractivity contribution in [2.45, 2.75) is 32.2 Å². The molecule has 1 N–H and O–H groups in total. The Morgan fingerprint density at radius 3 is 2.73 bits per heavy atom. The molecule has 0 unspecified atom stereocenters. The third kappa shape index (κ3) is 4.41. The van der Waals surface area contributed by atoms with Crippen molar-refractivity contribution in [3.8, 4) is 0 Å². The molecule has 0 aromatic carbocycles. The third-order valence-corrected chi connectivity index (χ3v) is 3.77. The number of carbonyl (C=O) groups excluding carboxylic acids is 2. The monoisotopic (exact) mass is 305 g/mol. The second kappa shape index (κ2) is 7.72. The number of nitrogens with one attached hydrogen (secondary N) is 1. The van der Waals surface area contributed by atoms with Crippen LogP contribution in [0.1, 0.15) is 31.2 Å². The molecule has 1 aromatic rings. The SMILES string of the molecule is CNc1ncc(CN(C)C(=O)CN2CCCCCC2=O)cn1. The summed E-state index contributed by atoms with van der Waals surface area (Å²) in [6.45, 7) is 1.27. The van der Waals surface area contributed by atoms with Crippen LogP contribution in [-0.2, 0) is 16.1 Å². The van der Waals surface area contributed by atoms with Crippen LogP contribution in [0.2, 0.25) is 0 Å². The lowest BCUT2D eigenvalue weighted by Crippen LogP contribution is -2.41. The molecule has 22 heavy (non-hydrogen) atoms. The first-order valence-electron chi connectivity index (χ1n) is 7.60. The zero-order valence-electron chi connectivity index (χ0n) is 13.2. The molecule has 0 radical (unpaired) electrons. The second-order valence-corrected chi connectivity index (χ2v) is 5.54. The third-order valence-electron chi connectivity index (χ3n) is 3.77. The van der Waals surface area contributed by atoms with Gasteiger partial charge in [-0.25, -0.2) is 9.97 Å². The quantitative estimate of drug-likeness (QED) is 0.873. The second-order valence-electron chi connectivity index (χ2n) is 5.54. The summed E-state index contributed by atoms with van der Waals surface area (Å²) in [7, 11) is 3.49. The van der Waals surface area contributed by atoms with E-state index in [-0.39, 0.29) is 18.4 Å². The van der Waals surface area contributed by atoms with Crippen molar-refractivity contribution < 1.29 is 9.59 Å². The Hall–Kier alpha value is -2.18. The van der Waals surface area contributed by atoms with E-state index in [0.29, 0.717) is 25.5 Å². The van der Waals surface area contributed by atoms with Crippen molar-refractivity contribution in [3.05, 3.63) is 18.0 Å². The molecule has 2 heterocycles. The molecule has 2 rings (SSSR count). The van der Waals surface area contributed by atoms with E-state index in [1.54, 1.807) is 36.3 Å². The van der Waals surface area contributed by atoms with Gasteiger partial charge in [0.05, 0.1) is 6.54 Å². The maximum atomic E-state index is 12.3. The number of hydrogen-bond donors (Lipinski definition) is 1. The zero-order valence-corrected chi connectivity index (χ0v) is 13.2. The summed E-state index contributed by atoms with van der Waals surface area (Å²) >= 11 is 0. The summed E-state index contributed by atoms with van der Waals surface area (Å²) in [4.78, 5) is 35.7. The summed E-state index contributed by atoms with van der Waals surface area (Å²) in [6.07, 6.45) is 6.90. The van der Waals surface area contributed by atoms with Gasteiger partial charge in [-0.2, -0.15) is 0 Å². The van der Waals surface area contributed by atoms with Crippen molar-refractivity contribution in [2.75, 3.05) is 32.5 Å². The Morgan fingerprint density at radius 1 is 1.32 bits per heavy atom. The molecule has 1 aliphatic rings. The van der Waals surface area contributed by atoms with Gasteiger partial charge in [-0.15, -0.1) is 0 Å². The minimum absolute atomic E-state index is 0.0621. The van der Waals surface area contributed by atoms with Gasteiger partial charge in [-0.05, 0) is 12.8 Å². The van der Waals surface area contributed by atoms with Crippen LogP contribution in [0.25, 0.3) is 0 Å². The molecule has 1 fully saturated rings. The van der Waals surface area contributed by atoms with Gasteiger partial charge in [0.25, 0.3) is 0 Å². The fourth-order valence-electron chi connectivity index (χ4n) is 2.42. The highest BCUT2D eigenvalue weighted by Gasteiger charge is 2.21. The fourth-order valence-corrected chi connectivity index (χ4v) is 2.42. The maximum absolute atomic E-state index is 12.3. The van der Waals surface area contributed by atoms with Crippen molar-refractivity contribution >= 4 is 17.8 Å². The molecule has 2 amide bonds. The lowest BCUT2D eigenvalue weighted by atomic mass is 10.2. The number of rotatable bonds is 5. The molecule has 1 aliphatic heterocycles. The number of anilines is 1. The molecule has 0 aliphatic carbocycles. The van der Waals surface area contributed by atoms with Crippen LogP contribution in [0, 0.1) is 0 Å². The van der Waals surface area contributed by atoms with E-state index in [9.17, 15) is 9.59 Å². The van der Waals surface area contributed by atoms with E-state index in [2.05, 4.69) is 15.3 Å². The van der Waals surface area contributed by atoms with Gasteiger partial charge in [0.15, 0.2) is 0 Å². The van der Waals surface area contributed by atoms with Crippen LogP contribution in [0.15, 0.2) is 12.4 Å². The molecule has 1 aromatic heterocycles. The smallest absolute Gasteiger partial charge is 0.242 e. The number of likely N-dealkylation sites (tertiary alicyclic amines) is 1. The molecule has 120 valence electrons. The fraction of sp³-hybridized carbons (Fsp3) is 0.600. The van der Waals surface area contributed by atoms with Gasteiger partial charge < -0.3 is 15.1 Å². The molecule has 0 saturated carbocycles. The van der Waals surface area contributed by atoms with Crippen LogP contribution in [0.5, 0.6) is 0 Å². The largest absolute Gasteiger partial charge is 0.357 e. The van der Waals surface area contributed by atoms with E-state index >= 15 is 0 Å². The zero-order chi connectivity index (χ0) is 15.9. The van der Waals surface area contributed by atoms with Gasteiger partial charge >= 0.3 is 0 Å². The van der Waals surface area contributed by atoms with Crippen molar-refractivity contribution in [3.63, 3.8) is 0 Å². The van der Waals surface area contributed by atoms with E-state index in [1.807, 2.05) is 0 Å². The lowest BCUT2D eigenvalue weighted by Gasteiger charge is -2.24. The maximum Gasteiger partial charge on any atom is 0.242 e. The molecule has 7 heteroatoms. The highest BCUT2D eigenvalue weighted by atomic mass is 16.2. The molecular weight excluding hydrogens is 282 g/mol. The Bertz CT molecular complexity index is 517. The van der Waals surface area contributed by atoms with E-state index in [4.69, 9.17) is 0 Å². The number of likely N-dealkylation sites (N-methyl/N-ethyl adjacent to an activating group) is 1. The minimum atomic E-state index is -0.0621. The van der Waals surface area contributed by atoms with E-state index < -0.39 is 0 Å². The Labute approximate surface area is 130 Å². The van der Waals surface area contributed by atoms with Gasteiger partial charge in [0.1, 0.15) is 0 Å². The standard InChI is InChI=1S/C15H23N5O2/c1-16-15-17-8-12(9-18-15)10-19(2)14(22)11-20-7-5-3-4-6-13(20)21/h8-9H,3-7,10-11H2,1-2H3,(H,16,17,18). The number of amides is 2. The van der Waals surface area contributed by atoms with Crippen LogP contribution >= 0.6 is 0 Å². The molecule has 1 saturated heterocycles. The van der Waals surface area contributed by atoms with Crippen molar-refractivity contribution in [1.82, 2.24) is 19.8 Å². The highest BCUT2D eigenvalue weighted by Crippen LogP contribution is 2.11. The molecule has 0 atom stereocenters. The molecule has 0 bridgehead atoms. The first kappa shape index (κ1) is 16.2. The summed E-state index contributed by atoms with van der Waals surface area (Å²) in [5, 5.41) is 2.85. The first-order chi connectivity index (χ1) is 10.6. The average molecular weight is 305 g/mol. The summed E-state index contributed by atoms with van der Waals surface area (Å²) in [6, 6.07) is 0. The average Bonchev–Trinajstić information content (AvgIpc) is 2.73. The number of nitrogens with zero attached hydrogens (tertiary/aromatic N) is 4. The highest BCUT2D eigenvalue weighted by molar-refractivity contribution is 5.84. The molecule has 7 nitrogen and oxygen atoms in total. The van der Waals surface area contributed by atoms with Gasteiger partial charge in [0, 0.05) is 51.6 Å². The van der Waals surface area contributed by atoms with Gasteiger partial charge in [-0.1, -0.05) is 6.42 Å². The lowest BCUT2D eigenvalue weighted by molar-refractivity contribution is -0.139. The normalized spacial score (nSPS) is 15.4. The Morgan fingerprint density at radius 2 is 2.05 bits per heavy atom. The first-order valence-corrected chi connectivity index (χ1v) is 7.60. The van der Waals surface area contributed by atoms with Crippen LogP contribution in [0.3, 0.4) is 0 Å². The summed E-state index contributed by atoms with van der Waals surface area (Å²) in [5.74, 6) is 0.571.